The van der Waals surface area contributed by atoms with E-state index in [9.17, 15) is 9.59 Å². The zero-order chi connectivity index (χ0) is 19.2. The van der Waals surface area contributed by atoms with Crippen LogP contribution in [0.1, 0.15) is 28.4 Å². The molecule has 1 heterocycles. The molecule has 0 unspecified atom stereocenters. The molecule has 0 saturated carbocycles. The molecule has 3 rings (SSSR count). The fourth-order valence-electron chi connectivity index (χ4n) is 2.83. The summed E-state index contributed by atoms with van der Waals surface area (Å²) in [6.07, 6.45) is 0.0218. The fraction of sp³-hybridized carbons (Fsp3) is 0.300. The molecule has 0 bridgehead atoms. The lowest BCUT2D eigenvalue weighted by Gasteiger charge is -2.22. The molecule has 0 radical (unpaired) electrons. The number of ether oxygens (including phenoxy) is 4. The van der Waals surface area contributed by atoms with Gasteiger partial charge >= 0.3 is 5.97 Å². The summed E-state index contributed by atoms with van der Waals surface area (Å²) in [4.78, 5) is 24.6. The molecule has 142 valence electrons. The van der Waals surface area contributed by atoms with Crippen molar-refractivity contribution in [3.05, 3.63) is 53.6 Å². The van der Waals surface area contributed by atoms with Crippen molar-refractivity contribution in [3.63, 3.8) is 0 Å². The molecule has 1 aliphatic heterocycles. The summed E-state index contributed by atoms with van der Waals surface area (Å²) in [5.41, 5.74) is 1.16. The van der Waals surface area contributed by atoms with Gasteiger partial charge in [-0.25, -0.2) is 0 Å². The molecule has 27 heavy (non-hydrogen) atoms. The van der Waals surface area contributed by atoms with Crippen LogP contribution in [0.25, 0.3) is 0 Å². The first-order chi connectivity index (χ1) is 13.1. The van der Waals surface area contributed by atoms with E-state index in [1.807, 2.05) is 30.3 Å². The van der Waals surface area contributed by atoms with Crippen molar-refractivity contribution in [2.75, 3.05) is 27.4 Å². The Morgan fingerprint density at radius 2 is 1.85 bits per heavy atom. The number of fused-ring (bicyclic) bond motifs is 1. The normalized spacial score (nSPS) is 13.4. The summed E-state index contributed by atoms with van der Waals surface area (Å²) in [5.74, 6) is 0.581. The van der Waals surface area contributed by atoms with Gasteiger partial charge in [0.1, 0.15) is 13.2 Å². The molecule has 1 amide bonds. The number of hydrogen-bond donors (Lipinski definition) is 1. The van der Waals surface area contributed by atoms with Crippen LogP contribution in [0.15, 0.2) is 42.5 Å². The van der Waals surface area contributed by atoms with Crippen molar-refractivity contribution in [1.82, 2.24) is 5.32 Å². The summed E-state index contributed by atoms with van der Waals surface area (Å²) >= 11 is 0. The van der Waals surface area contributed by atoms with Crippen molar-refractivity contribution < 1.29 is 28.5 Å². The highest BCUT2D eigenvalue weighted by atomic mass is 16.6. The first-order valence-electron chi connectivity index (χ1n) is 8.52. The van der Waals surface area contributed by atoms with Gasteiger partial charge in [0, 0.05) is 5.56 Å². The van der Waals surface area contributed by atoms with Crippen LogP contribution in [0.5, 0.6) is 17.2 Å². The summed E-state index contributed by atoms with van der Waals surface area (Å²) in [6, 6.07) is 11.9. The number of benzene rings is 2. The van der Waals surface area contributed by atoms with Crippen molar-refractivity contribution in [3.8, 4) is 17.2 Å². The standard InChI is InChI=1S/C20H21NO6/c1-24-16-10-14(11-17-19(16)27-9-8-26-17)20(23)21-15(12-18(22)25-2)13-6-4-3-5-7-13/h3-7,10-11,15H,8-9,12H2,1-2H3,(H,21,23)/t15-/m1/s1. The van der Waals surface area contributed by atoms with Gasteiger partial charge in [-0.05, 0) is 17.7 Å². The maximum Gasteiger partial charge on any atom is 0.307 e. The molecule has 0 aromatic heterocycles. The number of methoxy groups -OCH3 is 2. The third kappa shape index (κ3) is 4.31. The third-order valence-electron chi connectivity index (χ3n) is 4.20. The Hall–Kier alpha value is -3.22. The van der Waals surface area contributed by atoms with E-state index in [4.69, 9.17) is 18.9 Å². The highest BCUT2D eigenvalue weighted by Gasteiger charge is 2.24. The number of carbonyl (C=O) groups is 2. The van der Waals surface area contributed by atoms with Gasteiger partial charge in [-0.15, -0.1) is 0 Å². The SMILES string of the molecule is COC(=O)C[C@@H](NC(=O)c1cc(OC)c2c(c1)OCCO2)c1ccccc1. The zero-order valence-corrected chi connectivity index (χ0v) is 15.2. The number of carbonyl (C=O) groups excluding carboxylic acids is 2. The highest BCUT2D eigenvalue weighted by Crippen LogP contribution is 2.40. The van der Waals surface area contributed by atoms with Gasteiger partial charge in [-0.2, -0.15) is 0 Å². The molecule has 2 aromatic rings. The van der Waals surface area contributed by atoms with Gasteiger partial charge in [0.15, 0.2) is 11.5 Å². The van der Waals surface area contributed by atoms with Gasteiger partial charge in [0.05, 0.1) is 26.7 Å². The molecule has 2 aromatic carbocycles. The summed E-state index contributed by atoms with van der Waals surface area (Å²) in [5, 5.41) is 2.88. The lowest BCUT2D eigenvalue weighted by atomic mass is 10.0. The summed E-state index contributed by atoms with van der Waals surface area (Å²) < 4.78 is 21.2. The number of hydrogen-bond acceptors (Lipinski definition) is 6. The van der Waals surface area contributed by atoms with Crippen LogP contribution in [0.4, 0.5) is 0 Å². The smallest absolute Gasteiger partial charge is 0.307 e. The number of nitrogens with one attached hydrogen (secondary N) is 1. The second-order valence-electron chi connectivity index (χ2n) is 5.92. The molecular weight excluding hydrogens is 350 g/mol. The van der Waals surface area contributed by atoms with Crippen LogP contribution in [-0.4, -0.2) is 39.3 Å². The number of rotatable bonds is 6. The van der Waals surface area contributed by atoms with Crippen LogP contribution in [-0.2, 0) is 9.53 Å². The lowest BCUT2D eigenvalue weighted by molar-refractivity contribution is -0.141. The van der Waals surface area contributed by atoms with Crippen LogP contribution < -0.4 is 19.5 Å². The van der Waals surface area contributed by atoms with E-state index in [1.54, 1.807) is 12.1 Å². The van der Waals surface area contributed by atoms with Crippen molar-refractivity contribution in [2.24, 2.45) is 0 Å². The topological polar surface area (TPSA) is 83.1 Å². The Balaban J connectivity index is 1.86. The quantitative estimate of drug-likeness (QED) is 0.786. The second-order valence-corrected chi connectivity index (χ2v) is 5.92. The van der Waals surface area contributed by atoms with Gasteiger partial charge in [0.25, 0.3) is 5.91 Å². The zero-order valence-electron chi connectivity index (χ0n) is 15.2. The third-order valence-corrected chi connectivity index (χ3v) is 4.20. The lowest BCUT2D eigenvalue weighted by Crippen LogP contribution is -2.30. The molecular formula is C20H21NO6. The molecule has 1 aliphatic rings. The average Bonchev–Trinajstić information content (AvgIpc) is 2.72. The Labute approximate surface area is 157 Å². The Kier molecular flexibility index (Phi) is 5.80. The average molecular weight is 371 g/mol. The molecule has 7 heteroatoms. The Bertz CT molecular complexity index is 803. The Morgan fingerprint density at radius 3 is 2.56 bits per heavy atom. The van der Waals surface area contributed by atoms with E-state index in [1.165, 1.54) is 14.2 Å². The molecule has 0 saturated heterocycles. The monoisotopic (exact) mass is 371 g/mol. The van der Waals surface area contributed by atoms with Crippen LogP contribution in [0.3, 0.4) is 0 Å². The maximum absolute atomic E-state index is 12.8. The fourth-order valence-corrected chi connectivity index (χ4v) is 2.83. The predicted molar refractivity (Wildman–Crippen MR) is 97.3 cm³/mol. The minimum Gasteiger partial charge on any atom is -0.493 e. The van der Waals surface area contributed by atoms with E-state index in [-0.39, 0.29) is 12.3 Å². The Morgan fingerprint density at radius 1 is 1.11 bits per heavy atom. The molecule has 0 fully saturated rings. The van der Waals surface area contributed by atoms with Gasteiger partial charge < -0.3 is 24.3 Å². The van der Waals surface area contributed by atoms with Gasteiger partial charge in [-0.1, -0.05) is 30.3 Å². The number of esters is 1. The van der Waals surface area contributed by atoms with E-state index in [0.717, 1.165) is 5.56 Å². The minimum absolute atomic E-state index is 0.0218. The largest absolute Gasteiger partial charge is 0.493 e. The highest BCUT2D eigenvalue weighted by molar-refractivity contribution is 5.96. The van der Waals surface area contributed by atoms with E-state index >= 15 is 0 Å². The molecule has 0 aliphatic carbocycles. The van der Waals surface area contributed by atoms with Crippen molar-refractivity contribution in [2.45, 2.75) is 12.5 Å². The van der Waals surface area contributed by atoms with Crippen molar-refractivity contribution >= 4 is 11.9 Å². The first kappa shape index (κ1) is 18.6. The molecule has 7 nitrogen and oxygen atoms in total. The molecule has 0 spiro atoms. The summed E-state index contributed by atoms with van der Waals surface area (Å²) in [6.45, 7) is 0.820. The van der Waals surface area contributed by atoms with Crippen LogP contribution in [0.2, 0.25) is 0 Å². The summed E-state index contributed by atoms with van der Waals surface area (Å²) in [7, 11) is 2.82. The van der Waals surface area contributed by atoms with Crippen LogP contribution in [0, 0.1) is 0 Å². The molecule has 1 N–H and O–H groups in total. The second kappa shape index (κ2) is 8.44. The van der Waals surface area contributed by atoms with E-state index in [2.05, 4.69) is 5.32 Å². The number of amides is 1. The van der Waals surface area contributed by atoms with Crippen LogP contribution >= 0.6 is 0 Å². The van der Waals surface area contributed by atoms with E-state index < -0.39 is 12.0 Å². The first-order valence-corrected chi connectivity index (χ1v) is 8.52. The maximum atomic E-state index is 12.8. The molecule has 1 atom stereocenters. The van der Waals surface area contributed by atoms with E-state index in [0.29, 0.717) is 36.0 Å². The minimum atomic E-state index is -0.523. The van der Waals surface area contributed by atoms with Gasteiger partial charge in [0.2, 0.25) is 5.75 Å². The van der Waals surface area contributed by atoms with Crippen molar-refractivity contribution in [1.29, 1.82) is 0 Å². The predicted octanol–water partition coefficient (Wildman–Crippen LogP) is 2.50. The van der Waals surface area contributed by atoms with Gasteiger partial charge in [-0.3, -0.25) is 9.59 Å².